The third kappa shape index (κ3) is 3.15. The minimum atomic E-state index is -0.923. The van der Waals surface area contributed by atoms with Crippen molar-refractivity contribution in [2.75, 3.05) is 17.2 Å². The topological polar surface area (TPSA) is 57.6 Å². The summed E-state index contributed by atoms with van der Waals surface area (Å²) in [6.07, 6.45) is 1.54. The van der Waals surface area contributed by atoms with Crippen molar-refractivity contribution in [2.45, 2.75) is 31.9 Å². The summed E-state index contributed by atoms with van der Waals surface area (Å²) in [5, 5.41) is 9.64. The zero-order valence-electron chi connectivity index (χ0n) is 11.8. The molecule has 0 saturated heterocycles. The number of carbonyl (C=O) groups is 2. The van der Waals surface area contributed by atoms with Crippen LogP contribution in [0.2, 0.25) is 0 Å². The van der Waals surface area contributed by atoms with Crippen LogP contribution < -0.4 is 4.90 Å². The fourth-order valence-corrected chi connectivity index (χ4v) is 3.03. The molecule has 5 heteroatoms. The number of carbonyl (C=O) groups excluding carboxylic acids is 1. The van der Waals surface area contributed by atoms with E-state index in [1.165, 1.54) is 0 Å². The van der Waals surface area contributed by atoms with E-state index in [4.69, 9.17) is 0 Å². The molecule has 0 aromatic heterocycles. The van der Waals surface area contributed by atoms with Gasteiger partial charge < -0.3 is 10.0 Å². The van der Waals surface area contributed by atoms with Crippen LogP contribution in [0.25, 0.3) is 0 Å². The maximum absolute atomic E-state index is 12.3. The lowest BCUT2D eigenvalue weighted by atomic mass is 9.96. The standard InChI is InChI=1S/C15H19NO3S/c1-10(2)20-9-14(17)16-8-4-6-11-12(15(18)19)5-3-7-13(11)16/h3,5,7,10H,4,6,8-9H2,1-2H3,(H,18,19). The average molecular weight is 293 g/mol. The number of hydrogen-bond acceptors (Lipinski definition) is 3. The number of thioether (sulfide) groups is 1. The number of hydrogen-bond donors (Lipinski definition) is 1. The summed E-state index contributed by atoms with van der Waals surface area (Å²) in [4.78, 5) is 25.3. The van der Waals surface area contributed by atoms with Gasteiger partial charge in [0.1, 0.15) is 0 Å². The Kier molecular flexibility index (Phi) is 4.70. The number of anilines is 1. The lowest BCUT2D eigenvalue weighted by Crippen LogP contribution is -2.37. The fourth-order valence-electron chi connectivity index (χ4n) is 2.40. The van der Waals surface area contributed by atoms with E-state index in [0.29, 0.717) is 23.1 Å². The lowest BCUT2D eigenvalue weighted by molar-refractivity contribution is -0.116. The number of fused-ring (bicyclic) bond motifs is 1. The van der Waals surface area contributed by atoms with Crippen molar-refractivity contribution >= 4 is 29.3 Å². The molecule has 1 N–H and O–H groups in total. The molecule has 108 valence electrons. The van der Waals surface area contributed by atoms with Crippen LogP contribution in [-0.4, -0.2) is 34.5 Å². The van der Waals surface area contributed by atoms with Gasteiger partial charge in [0.15, 0.2) is 0 Å². The fraction of sp³-hybridized carbons (Fsp3) is 0.467. The molecule has 4 nitrogen and oxygen atoms in total. The Morgan fingerprint density at radius 1 is 1.40 bits per heavy atom. The number of carboxylic acids is 1. The molecule has 0 radical (unpaired) electrons. The van der Waals surface area contributed by atoms with Gasteiger partial charge in [-0.05, 0) is 35.8 Å². The number of aromatic carboxylic acids is 1. The predicted molar refractivity (Wildman–Crippen MR) is 81.7 cm³/mol. The summed E-state index contributed by atoms with van der Waals surface area (Å²) in [5.74, 6) is -0.422. The van der Waals surface area contributed by atoms with Gasteiger partial charge in [-0.15, -0.1) is 11.8 Å². The molecule has 1 heterocycles. The quantitative estimate of drug-likeness (QED) is 0.927. The minimum absolute atomic E-state index is 0.0622. The molecule has 0 unspecified atom stereocenters. The van der Waals surface area contributed by atoms with Crippen molar-refractivity contribution in [1.82, 2.24) is 0 Å². The van der Waals surface area contributed by atoms with Gasteiger partial charge in [-0.1, -0.05) is 19.9 Å². The molecule has 0 bridgehead atoms. The van der Waals surface area contributed by atoms with Gasteiger partial charge in [-0.2, -0.15) is 0 Å². The van der Waals surface area contributed by atoms with Crippen LogP contribution in [0.15, 0.2) is 18.2 Å². The number of amides is 1. The second kappa shape index (κ2) is 6.31. The van der Waals surface area contributed by atoms with Gasteiger partial charge in [0.05, 0.1) is 11.3 Å². The van der Waals surface area contributed by atoms with Gasteiger partial charge in [0.2, 0.25) is 5.91 Å². The first-order valence-electron chi connectivity index (χ1n) is 6.78. The number of nitrogens with zero attached hydrogens (tertiary/aromatic N) is 1. The normalized spacial score (nSPS) is 14.2. The van der Waals surface area contributed by atoms with Crippen molar-refractivity contribution < 1.29 is 14.7 Å². The number of rotatable bonds is 4. The van der Waals surface area contributed by atoms with Crippen LogP contribution in [-0.2, 0) is 11.2 Å². The second-order valence-electron chi connectivity index (χ2n) is 5.12. The van der Waals surface area contributed by atoms with Crippen LogP contribution in [0, 0.1) is 0 Å². The van der Waals surface area contributed by atoms with Crippen LogP contribution >= 0.6 is 11.8 Å². The molecule has 0 saturated carbocycles. The molecule has 1 aromatic rings. The molecular weight excluding hydrogens is 274 g/mol. The van der Waals surface area contributed by atoms with Crippen molar-refractivity contribution in [3.05, 3.63) is 29.3 Å². The van der Waals surface area contributed by atoms with Crippen LogP contribution in [0.1, 0.15) is 36.2 Å². The monoisotopic (exact) mass is 293 g/mol. The highest BCUT2D eigenvalue weighted by molar-refractivity contribution is 8.00. The van der Waals surface area contributed by atoms with E-state index in [1.54, 1.807) is 28.8 Å². The summed E-state index contributed by atoms with van der Waals surface area (Å²) in [7, 11) is 0. The van der Waals surface area contributed by atoms with Crippen molar-refractivity contribution in [2.24, 2.45) is 0 Å². The first kappa shape index (κ1) is 14.9. The molecule has 0 atom stereocenters. The first-order valence-corrected chi connectivity index (χ1v) is 7.82. The van der Waals surface area contributed by atoms with Crippen LogP contribution in [0.4, 0.5) is 5.69 Å². The second-order valence-corrected chi connectivity index (χ2v) is 6.68. The van der Waals surface area contributed by atoms with E-state index in [9.17, 15) is 14.7 Å². The Morgan fingerprint density at radius 3 is 2.80 bits per heavy atom. The lowest BCUT2D eigenvalue weighted by Gasteiger charge is -2.30. The summed E-state index contributed by atoms with van der Waals surface area (Å²) in [6, 6.07) is 5.17. The molecule has 20 heavy (non-hydrogen) atoms. The zero-order valence-corrected chi connectivity index (χ0v) is 12.6. The van der Waals surface area contributed by atoms with Crippen LogP contribution in [0.3, 0.4) is 0 Å². The molecule has 1 amide bonds. The Hall–Kier alpha value is -1.49. The summed E-state index contributed by atoms with van der Waals surface area (Å²) in [6.45, 7) is 4.79. The van der Waals surface area contributed by atoms with Gasteiger partial charge in [0, 0.05) is 12.2 Å². The molecule has 1 aliphatic heterocycles. The Morgan fingerprint density at radius 2 is 2.15 bits per heavy atom. The van der Waals surface area contributed by atoms with E-state index in [0.717, 1.165) is 24.1 Å². The average Bonchev–Trinajstić information content (AvgIpc) is 2.43. The van der Waals surface area contributed by atoms with E-state index >= 15 is 0 Å². The highest BCUT2D eigenvalue weighted by atomic mass is 32.2. The first-order chi connectivity index (χ1) is 9.50. The minimum Gasteiger partial charge on any atom is -0.478 e. The Bertz CT molecular complexity index is 528. The highest BCUT2D eigenvalue weighted by Gasteiger charge is 2.25. The smallest absolute Gasteiger partial charge is 0.336 e. The molecule has 0 fully saturated rings. The summed E-state index contributed by atoms with van der Waals surface area (Å²) < 4.78 is 0. The van der Waals surface area contributed by atoms with E-state index in [2.05, 4.69) is 13.8 Å². The number of benzene rings is 1. The third-order valence-electron chi connectivity index (χ3n) is 3.32. The van der Waals surface area contributed by atoms with Gasteiger partial charge in [-0.25, -0.2) is 4.79 Å². The highest BCUT2D eigenvalue weighted by Crippen LogP contribution is 2.30. The van der Waals surface area contributed by atoms with Gasteiger partial charge in [-0.3, -0.25) is 4.79 Å². The number of carboxylic acid groups (broad SMARTS) is 1. The van der Waals surface area contributed by atoms with Crippen molar-refractivity contribution in [1.29, 1.82) is 0 Å². The van der Waals surface area contributed by atoms with Gasteiger partial charge >= 0.3 is 5.97 Å². The molecule has 0 spiro atoms. The van der Waals surface area contributed by atoms with E-state index < -0.39 is 5.97 Å². The largest absolute Gasteiger partial charge is 0.478 e. The molecule has 1 aliphatic rings. The summed E-state index contributed by atoms with van der Waals surface area (Å²) in [5.41, 5.74) is 1.87. The van der Waals surface area contributed by atoms with E-state index in [1.807, 2.05) is 6.07 Å². The molecule has 2 rings (SSSR count). The Labute approximate surface area is 123 Å². The molecule has 1 aromatic carbocycles. The summed E-state index contributed by atoms with van der Waals surface area (Å²) >= 11 is 1.61. The maximum Gasteiger partial charge on any atom is 0.336 e. The van der Waals surface area contributed by atoms with Gasteiger partial charge in [0.25, 0.3) is 0 Å². The molecule has 0 aliphatic carbocycles. The van der Waals surface area contributed by atoms with Crippen molar-refractivity contribution in [3.8, 4) is 0 Å². The van der Waals surface area contributed by atoms with Crippen molar-refractivity contribution in [3.63, 3.8) is 0 Å². The Balaban J connectivity index is 2.26. The maximum atomic E-state index is 12.3. The molecular formula is C15H19NO3S. The third-order valence-corrected chi connectivity index (χ3v) is 4.40. The SMILES string of the molecule is CC(C)SCC(=O)N1CCCc2c(C(=O)O)cccc21. The van der Waals surface area contributed by atoms with E-state index in [-0.39, 0.29) is 5.91 Å². The van der Waals surface area contributed by atoms with Crippen LogP contribution in [0.5, 0.6) is 0 Å². The zero-order chi connectivity index (χ0) is 14.7. The predicted octanol–water partition coefficient (Wildman–Crippen LogP) is 2.81.